The van der Waals surface area contributed by atoms with Gasteiger partial charge in [0, 0.05) is 32.7 Å². The van der Waals surface area contributed by atoms with Gasteiger partial charge in [-0.1, -0.05) is 12.1 Å². The third-order valence-electron chi connectivity index (χ3n) is 4.86. The summed E-state index contributed by atoms with van der Waals surface area (Å²) in [5.74, 6) is 0.504. The van der Waals surface area contributed by atoms with E-state index in [-0.39, 0.29) is 17.6 Å². The number of rotatable bonds is 11. The molecular weight excluding hydrogens is 409 g/mol. The molecule has 1 aliphatic rings. The van der Waals surface area contributed by atoms with E-state index in [2.05, 4.69) is 20.3 Å². The smallest absolute Gasteiger partial charge is 0.211 e. The molecule has 10 heteroatoms. The van der Waals surface area contributed by atoms with E-state index in [1.807, 2.05) is 19.1 Å². The molecule has 0 amide bonds. The number of aliphatic imine (C=N–C) groups is 1. The van der Waals surface area contributed by atoms with Crippen molar-refractivity contribution in [2.75, 3.05) is 58.2 Å². The van der Waals surface area contributed by atoms with E-state index >= 15 is 0 Å². The van der Waals surface area contributed by atoms with Gasteiger partial charge in [0.25, 0.3) is 0 Å². The fourth-order valence-corrected chi connectivity index (χ4v) is 3.81. The summed E-state index contributed by atoms with van der Waals surface area (Å²) < 4.78 is 44.4. The summed E-state index contributed by atoms with van der Waals surface area (Å²) in [6, 6.07) is 6.61. The van der Waals surface area contributed by atoms with Crippen LogP contribution in [0.15, 0.2) is 29.3 Å². The van der Waals surface area contributed by atoms with Crippen LogP contribution < -0.4 is 15.4 Å². The van der Waals surface area contributed by atoms with Crippen LogP contribution in [0, 0.1) is 5.82 Å². The first-order valence-electron chi connectivity index (χ1n) is 10.5. The van der Waals surface area contributed by atoms with Crippen molar-refractivity contribution in [3.8, 4) is 0 Å². The van der Waals surface area contributed by atoms with Crippen LogP contribution in [0.2, 0.25) is 0 Å². The third kappa shape index (κ3) is 8.55. The lowest BCUT2D eigenvalue weighted by atomic mass is 10.0. The molecule has 0 spiro atoms. The maximum absolute atomic E-state index is 13.4. The lowest BCUT2D eigenvalue weighted by Crippen LogP contribution is -2.42. The molecule has 3 N–H and O–H groups in total. The Hall–Kier alpha value is -1.75. The van der Waals surface area contributed by atoms with Gasteiger partial charge < -0.3 is 15.4 Å². The van der Waals surface area contributed by atoms with E-state index in [1.54, 1.807) is 6.92 Å². The van der Waals surface area contributed by atoms with Gasteiger partial charge in [-0.3, -0.25) is 9.89 Å². The van der Waals surface area contributed by atoms with Crippen molar-refractivity contribution in [2.45, 2.75) is 26.3 Å². The zero-order valence-corrected chi connectivity index (χ0v) is 18.7. The summed E-state index contributed by atoms with van der Waals surface area (Å²) in [5, 5.41) is 6.46. The highest BCUT2D eigenvalue weighted by Crippen LogP contribution is 2.22. The second-order valence-electron chi connectivity index (χ2n) is 7.01. The maximum atomic E-state index is 13.4. The molecule has 0 saturated carbocycles. The van der Waals surface area contributed by atoms with Crippen LogP contribution in [0.1, 0.15) is 31.9 Å². The number of benzene rings is 1. The highest BCUT2D eigenvalue weighted by Gasteiger charge is 2.22. The Balaban J connectivity index is 1.97. The molecule has 1 atom stereocenters. The molecular formula is C20H34FN5O3S. The fourth-order valence-electron chi connectivity index (χ4n) is 3.15. The minimum Gasteiger partial charge on any atom is -0.379 e. The van der Waals surface area contributed by atoms with Gasteiger partial charge in [0.2, 0.25) is 10.0 Å². The Morgan fingerprint density at radius 2 is 1.87 bits per heavy atom. The van der Waals surface area contributed by atoms with Gasteiger partial charge >= 0.3 is 0 Å². The van der Waals surface area contributed by atoms with E-state index < -0.39 is 10.0 Å². The van der Waals surface area contributed by atoms with Gasteiger partial charge in [0.15, 0.2) is 5.96 Å². The largest absolute Gasteiger partial charge is 0.379 e. The molecule has 170 valence electrons. The number of hydrogen-bond donors (Lipinski definition) is 3. The van der Waals surface area contributed by atoms with E-state index in [0.717, 1.165) is 18.7 Å². The predicted molar refractivity (Wildman–Crippen MR) is 118 cm³/mol. The number of halogens is 1. The molecule has 1 heterocycles. The van der Waals surface area contributed by atoms with Crippen LogP contribution in [0.25, 0.3) is 0 Å². The Kier molecular flexibility index (Phi) is 10.5. The molecule has 0 bridgehead atoms. The summed E-state index contributed by atoms with van der Waals surface area (Å²) in [4.78, 5) is 7.04. The molecule has 2 rings (SSSR count). The summed E-state index contributed by atoms with van der Waals surface area (Å²) in [6.07, 6.45) is 0.647. The van der Waals surface area contributed by atoms with Gasteiger partial charge in [0.1, 0.15) is 5.82 Å². The first-order chi connectivity index (χ1) is 14.4. The second kappa shape index (κ2) is 12.8. The molecule has 0 aliphatic carbocycles. The lowest BCUT2D eigenvalue weighted by molar-refractivity contribution is 0.0179. The SMILES string of the molecule is CCNC(=NCC(c1ccc(F)cc1)N1CCOCC1)NCCCNS(=O)(=O)CC. The van der Waals surface area contributed by atoms with E-state index in [9.17, 15) is 12.8 Å². The highest BCUT2D eigenvalue weighted by molar-refractivity contribution is 7.89. The minimum absolute atomic E-state index is 0.0290. The average Bonchev–Trinajstić information content (AvgIpc) is 2.75. The standard InChI is InChI=1S/C20H34FN5O3S/c1-3-22-20(23-10-5-11-25-30(27,28)4-2)24-16-19(26-12-14-29-15-13-26)17-6-8-18(21)9-7-17/h6-9,19,25H,3-5,10-16H2,1-2H3,(H2,22,23,24). The maximum Gasteiger partial charge on any atom is 0.211 e. The molecule has 1 aromatic rings. The van der Waals surface area contributed by atoms with Crippen molar-refractivity contribution in [3.63, 3.8) is 0 Å². The molecule has 0 aromatic heterocycles. The number of sulfonamides is 1. The quantitative estimate of drug-likeness (QED) is 0.269. The van der Waals surface area contributed by atoms with Crippen molar-refractivity contribution < 1.29 is 17.5 Å². The van der Waals surface area contributed by atoms with Crippen molar-refractivity contribution in [1.82, 2.24) is 20.3 Å². The Morgan fingerprint density at radius 3 is 2.50 bits per heavy atom. The van der Waals surface area contributed by atoms with E-state index in [1.165, 1.54) is 12.1 Å². The number of guanidine groups is 1. The summed E-state index contributed by atoms with van der Waals surface area (Å²) in [7, 11) is -3.16. The number of nitrogens with one attached hydrogen (secondary N) is 3. The molecule has 0 radical (unpaired) electrons. The predicted octanol–water partition coefficient (Wildman–Crippen LogP) is 1.08. The zero-order chi connectivity index (χ0) is 21.8. The Morgan fingerprint density at radius 1 is 1.17 bits per heavy atom. The summed E-state index contributed by atoms with van der Waals surface area (Å²) >= 11 is 0. The van der Waals surface area contributed by atoms with Crippen molar-refractivity contribution in [3.05, 3.63) is 35.6 Å². The van der Waals surface area contributed by atoms with Crippen molar-refractivity contribution >= 4 is 16.0 Å². The number of nitrogens with zero attached hydrogens (tertiary/aromatic N) is 2. The molecule has 1 unspecified atom stereocenters. The van der Waals surface area contributed by atoms with Gasteiger partial charge in [-0.25, -0.2) is 17.5 Å². The van der Waals surface area contributed by atoms with Gasteiger partial charge in [-0.2, -0.15) is 0 Å². The first-order valence-corrected chi connectivity index (χ1v) is 12.2. The number of morpholine rings is 1. The normalized spacial score (nSPS) is 17.0. The monoisotopic (exact) mass is 443 g/mol. The van der Waals surface area contributed by atoms with E-state index in [0.29, 0.717) is 51.8 Å². The molecule has 1 saturated heterocycles. The number of ether oxygens (including phenoxy) is 1. The van der Waals surface area contributed by atoms with Crippen LogP contribution in [0.5, 0.6) is 0 Å². The van der Waals surface area contributed by atoms with Gasteiger partial charge in [-0.05, 0) is 38.0 Å². The fraction of sp³-hybridized carbons (Fsp3) is 0.650. The lowest BCUT2D eigenvalue weighted by Gasteiger charge is -2.34. The van der Waals surface area contributed by atoms with Crippen LogP contribution in [-0.2, 0) is 14.8 Å². The average molecular weight is 444 g/mol. The topological polar surface area (TPSA) is 95.1 Å². The Labute approximate surface area is 179 Å². The minimum atomic E-state index is -3.16. The summed E-state index contributed by atoms with van der Waals surface area (Å²) in [6.45, 7) is 8.77. The second-order valence-corrected chi connectivity index (χ2v) is 9.11. The van der Waals surface area contributed by atoms with Crippen LogP contribution in [0.4, 0.5) is 4.39 Å². The Bertz CT molecular complexity index is 752. The number of hydrogen-bond acceptors (Lipinski definition) is 5. The molecule has 1 fully saturated rings. The first kappa shape index (κ1) is 24.5. The molecule has 8 nitrogen and oxygen atoms in total. The molecule has 30 heavy (non-hydrogen) atoms. The van der Waals surface area contributed by atoms with Crippen LogP contribution in [-0.4, -0.2) is 77.5 Å². The summed E-state index contributed by atoms with van der Waals surface area (Å²) in [5.41, 5.74) is 1.02. The highest BCUT2D eigenvalue weighted by atomic mass is 32.2. The molecule has 1 aromatic carbocycles. The molecule has 1 aliphatic heterocycles. The van der Waals surface area contributed by atoms with Crippen LogP contribution in [0.3, 0.4) is 0 Å². The van der Waals surface area contributed by atoms with Crippen molar-refractivity contribution in [2.24, 2.45) is 4.99 Å². The zero-order valence-electron chi connectivity index (χ0n) is 17.9. The van der Waals surface area contributed by atoms with Crippen LogP contribution >= 0.6 is 0 Å². The van der Waals surface area contributed by atoms with Gasteiger partial charge in [-0.15, -0.1) is 0 Å². The van der Waals surface area contributed by atoms with Gasteiger partial charge in [0.05, 0.1) is 31.6 Å². The van der Waals surface area contributed by atoms with Crippen molar-refractivity contribution in [1.29, 1.82) is 0 Å². The third-order valence-corrected chi connectivity index (χ3v) is 6.26. The van der Waals surface area contributed by atoms with E-state index in [4.69, 9.17) is 9.73 Å².